The minimum Gasteiger partial charge on any atom is -0.396 e. The molecule has 0 bridgehead atoms. The predicted molar refractivity (Wildman–Crippen MR) is 172 cm³/mol. The summed E-state index contributed by atoms with van der Waals surface area (Å²) in [5, 5.41) is 15.0. The van der Waals surface area contributed by atoms with E-state index in [1.807, 2.05) is 13.8 Å². The molecule has 4 aromatic rings. The number of hydrogen-bond donors (Lipinski definition) is 1. The fraction of sp³-hybridized carbons (Fsp3) is 0.387. The van der Waals surface area contributed by atoms with Crippen molar-refractivity contribution in [3.63, 3.8) is 0 Å². The molecule has 3 heterocycles. The highest BCUT2D eigenvalue weighted by molar-refractivity contribution is 8.01. The summed E-state index contributed by atoms with van der Waals surface area (Å²) in [4.78, 5) is 20.5. The van der Waals surface area contributed by atoms with Gasteiger partial charge in [-0.15, -0.1) is 11.8 Å². The van der Waals surface area contributed by atoms with E-state index in [9.17, 15) is 36.2 Å². The van der Waals surface area contributed by atoms with Crippen molar-refractivity contribution in [2.24, 2.45) is 5.92 Å². The van der Waals surface area contributed by atoms with E-state index in [1.165, 1.54) is 39.6 Å². The van der Waals surface area contributed by atoms with E-state index < -0.39 is 35.0 Å². The molecule has 0 atom stereocenters. The number of rotatable bonds is 7. The van der Waals surface area contributed by atoms with Crippen LogP contribution in [0.4, 0.5) is 26.3 Å². The Morgan fingerprint density at radius 3 is 2.15 bits per heavy atom. The van der Waals surface area contributed by atoms with Crippen molar-refractivity contribution in [1.29, 1.82) is 0 Å². The summed E-state index contributed by atoms with van der Waals surface area (Å²) in [5.74, 6) is -0.668. The molecular weight excluding hydrogens is 709 g/mol. The first kappa shape index (κ1) is 35.5. The highest BCUT2D eigenvalue weighted by atomic mass is 35.5. The third kappa shape index (κ3) is 7.61. The summed E-state index contributed by atoms with van der Waals surface area (Å²) in [6.45, 7) is 5.74. The molecule has 252 valence electrons. The Bertz CT molecular complexity index is 1770. The molecule has 5 rings (SSSR count). The lowest BCUT2D eigenvalue weighted by atomic mass is 9.95. The molecule has 16 heteroatoms. The molecule has 2 aromatic heterocycles. The Balaban J connectivity index is 1.76. The predicted octanol–water partition coefficient (Wildman–Crippen LogP) is 9.66. The Kier molecular flexibility index (Phi) is 10.3. The monoisotopic (exact) mass is 736 g/mol. The number of hydrogen-bond acceptors (Lipinski definition) is 6. The zero-order chi connectivity index (χ0) is 34.4. The zero-order valence-electron chi connectivity index (χ0n) is 25.1. The van der Waals surface area contributed by atoms with Crippen molar-refractivity contribution in [3.8, 4) is 27.5 Å². The lowest BCUT2D eigenvalue weighted by Crippen LogP contribution is -2.40. The second-order valence-corrected chi connectivity index (χ2v) is 15.0. The summed E-state index contributed by atoms with van der Waals surface area (Å²) in [5.41, 5.74) is -2.71. The molecule has 2 aromatic carbocycles. The molecule has 1 N–H and O–H groups in total. The van der Waals surface area contributed by atoms with Crippen LogP contribution in [-0.4, -0.2) is 55.6 Å². The number of thioether (sulfide) groups is 1. The lowest BCUT2D eigenvalue weighted by Gasteiger charge is -2.31. The SMILES string of the molecule is Cc1nn(-c2nc(-c3ccc(Cl)c(Cl)c3)c(SC(C)C)s2)c(C(=O)N2CCC(CO)CC2)c1-c1cc(C(F)(F)F)cc(C(F)(F)F)c1. The van der Waals surface area contributed by atoms with E-state index in [1.54, 1.807) is 18.2 Å². The van der Waals surface area contributed by atoms with E-state index in [0.717, 1.165) is 4.21 Å². The van der Waals surface area contributed by atoms with Crippen LogP contribution >= 0.6 is 46.3 Å². The van der Waals surface area contributed by atoms with Crippen LogP contribution in [0.15, 0.2) is 40.6 Å². The quantitative estimate of drug-likeness (QED) is 0.151. The maximum atomic E-state index is 14.3. The number of carbonyl (C=O) groups excluding carboxylic acids is 1. The fourth-order valence-corrected chi connectivity index (χ4v) is 8.06. The Labute approximate surface area is 284 Å². The van der Waals surface area contributed by atoms with Crippen LogP contribution in [0.25, 0.3) is 27.5 Å². The van der Waals surface area contributed by atoms with Gasteiger partial charge in [0.15, 0.2) is 0 Å². The van der Waals surface area contributed by atoms with Gasteiger partial charge >= 0.3 is 12.4 Å². The van der Waals surface area contributed by atoms with E-state index in [-0.39, 0.29) is 64.0 Å². The molecule has 0 aliphatic carbocycles. The number of alkyl halides is 6. The van der Waals surface area contributed by atoms with Crippen LogP contribution in [0.3, 0.4) is 0 Å². The van der Waals surface area contributed by atoms with Gasteiger partial charge in [-0.05, 0) is 61.6 Å². The first-order valence-electron chi connectivity index (χ1n) is 14.4. The van der Waals surface area contributed by atoms with Gasteiger partial charge in [-0.3, -0.25) is 4.79 Å². The standard InChI is InChI=1S/C31H28Cl2F6N4O2S2/c1-15(2)46-28-25(18-4-5-22(32)23(33)12-18)40-29(47-28)43-26(27(45)42-8-6-17(14-44)7-9-42)24(16(3)41-43)19-10-20(30(34,35)36)13-21(11-19)31(37,38)39/h4-5,10-13,15,17,44H,6-9,14H2,1-3H3. The topological polar surface area (TPSA) is 71.2 Å². The minimum absolute atomic E-state index is 0.0358. The second-order valence-electron chi connectivity index (χ2n) is 11.4. The molecule has 1 aliphatic heterocycles. The van der Waals surface area contributed by atoms with Gasteiger partial charge in [0.2, 0.25) is 5.13 Å². The number of amides is 1. The van der Waals surface area contributed by atoms with E-state index >= 15 is 0 Å². The molecule has 0 spiro atoms. The molecule has 1 fully saturated rings. The number of halogens is 8. The Hall–Kier alpha value is -2.78. The number of benzene rings is 2. The Morgan fingerprint density at radius 1 is 1.00 bits per heavy atom. The average Bonchev–Trinajstić information content (AvgIpc) is 3.57. The van der Waals surface area contributed by atoms with Crippen LogP contribution in [0.1, 0.15) is 54.0 Å². The van der Waals surface area contributed by atoms with Crippen molar-refractivity contribution in [2.45, 2.75) is 55.4 Å². The van der Waals surface area contributed by atoms with Gasteiger partial charge in [0.1, 0.15) is 5.69 Å². The molecule has 1 aliphatic rings. The molecule has 1 amide bonds. The van der Waals surface area contributed by atoms with Crippen molar-refractivity contribution < 1.29 is 36.2 Å². The third-order valence-electron chi connectivity index (χ3n) is 7.60. The molecule has 1 saturated heterocycles. The number of likely N-dealkylation sites (tertiary alicyclic amines) is 1. The second kappa shape index (κ2) is 13.6. The third-order valence-corrected chi connectivity index (χ3v) is 10.6. The summed E-state index contributed by atoms with van der Waals surface area (Å²) < 4.78 is 85.3. The van der Waals surface area contributed by atoms with Crippen LogP contribution < -0.4 is 0 Å². The van der Waals surface area contributed by atoms with Gasteiger partial charge < -0.3 is 10.0 Å². The Morgan fingerprint density at radius 2 is 1.62 bits per heavy atom. The molecule has 47 heavy (non-hydrogen) atoms. The van der Waals surface area contributed by atoms with Gasteiger partial charge in [0.05, 0.1) is 36.8 Å². The molecule has 0 radical (unpaired) electrons. The van der Waals surface area contributed by atoms with Crippen LogP contribution in [0.2, 0.25) is 10.0 Å². The van der Waals surface area contributed by atoms with Crippen molar-refractivity contribution in [1.82, 2.24) is 19.7 Å². The van der Waals surface area contributed by atoms with Crippen molar-refractivity contribution >= 4 is 52.2 Å². The van der Waals surface area contributed by atoms with Crippen molar-refractivity contribution in [3.05, 3.63) is 69.0 Å². The fourth-order valence-electron chi connectivity index (χ4n) is 5.28. The van der Waals surface area contributed by atoms with Gasteiger partial charge in [-0.25, -0.2) is 4.98 Å². The first-order chi connectivity index (χ1) is 22.0. The summed E-state index contributed by atoms with van der Waals surface area (Å²) in [6, 6.07) is 6.20. The summed E-state index contributed by atoms with van der Waals surface area (Å²) >= 11 is 15.1. The largest absolute Gasteiger partial charge is 0.416 e. The highest BCUT2D eigenvalue weighted by Crippen LogP contribution is 2.44. The lowest BCUT2D eigenvalue weighted by molar-refractivity contribution is -0.143. The van der Waals surface area contributed by atoms with Gasteiger partial charge in [0.25, 0.3) is 5.91 Å². The normalized spacial score (nSPS) is 14.8. The van der Waals surface area contributed by atoms with Gasteiger partial charge in [0, 0.05) is 36.1 Å². The van der Waals surface area contributed by atoms with Crippen LogP contribution in [-0.2, 0) is 12.4 Å². The summed E-state index contributed by atoms with van der Waals surface area (Å²) in [6.07, 6.45) is -9.24. The molecule has 6 nitrogen and oxygen atoms in total. The molecule has 0 saturated carbocycles. The zero-order valence-corrected chi connectivity index (χ0v) is 28.3. The van der Waals surface area contributed by atoms with Crippen LogP contribution in [0, 0.1) is 12.8 Å². The van der Waals surface area contributed by atoms with E-state index in [4.69, 9.17) is 28.2 Å². The number of thiazole rings is 1. The number of aliphatic hydroxyl groups is 1. The number of aromatic nitrogens is 3. The van der Waals surface area contributed by atoms with E-state index in [0.29, 0.717) is 41.3 Å². The smallest absolute Gasteiger partial charge is 0.396 e. The molecular formula is C31H28Cl2F6N4O2S2. The summed E-state index contributed by atoms with van der Waals surface area (Å²) in [7, 11) is 0. The van der Waals surface area contributed by atoms with Gasteiger partial charge in [-0.1, -0.05) is 54.5 Å². The molecule has 0 unspecified atom stereocenters. The van der Waals surface area contributed by atoms with E-state index in [2.05, 4.69) is 5.10 Å². The first-order valence-corrected chi connectivity index (χ1v) is 16.9. The number of aliphatic hydroxyl groups excluding tert-OH is 1. The maximum absolute atomic E-state index is 14.3. The maximum Gasteiger partial charge on any atom is 0.416 e. The highest BCUT2D eigenvalue weighted by Gasteiger charge is 2.39. The van der Waals surface area contributed by atoms with Gasteiger partial charge in [-0.2, -0.15) is 36.1 Å². The number of carbonyl (C=O) groups is 1. The van der Waals surface area contributed by atoms with Crippen LogP contribution in [0.5, 0.6) is 0 Å². The average molecular weight is 738 g/mol. The number of nitrogens with zero attached hydrogens (tertiary/aromatic N) is 4. The number of piperidine rings is 1. The minimum atomic E-state index is -5.09. The van der Waals surface area contributed by atoms with Crippen molar-refractivity contribution in [2.75, 3.05) is 19.7 Å². The number of aryl methyl sites for hydroxylation is 1.